The van der Waals surface area contributed by atoms with E-state index in [0.29, 0.717) is 0 Å². The minimum Gasteiger partial charge on any atom is -0.324 e. The van der Waals surface area contributed by atoms with Gasteiger partial charge < -0.3 is 4.57 Å². The van der Waals surface area contributed by atoms with Crippen molar-refractivity contribution in [3.8, 4) is 11.3 Å². The Balaban J connectivity index is 2.00. The summed E-state index contributed by atoms with van der Waals surface area (Å²) in [5.41, 5.74) is 4.03. The average molecular weight is 281 g/mol. The number of aryl methyl sites for hydroxylation is 1. The van der Waals surface area contributed by atoms with Gasteiger partial charge in [-0.3, -0.25) is 0 Å². The van der Waals surface area contributed by atoms with Gasteiger partial charge in [0.15, 0.2) is 0 Å². The van der Waals surface area contributed by atoms with Gasteiger partial charge in [-0.15, -0.1) is 0 Å². The van der Waals surface area contributed by atoms with E-state index in [2.05, 4.69) is 60.7 Å². The van der Waals surface area contributed by atoms with E-state index in [-0.39, 0.29) is 0 Å². The fraction of sp³-hybridized carbons (Fsp3) is 0.400. The van der Waals surface area contributed by atoms with Crippen molar-refractivity contribution in [2.24, 2.45) is 0 Å². The Kier molecular flexibility index (Phi) is 6.33. The molecule has 0 spiro atoms. The lowest BCUT2D eigenvalue weighted by Gasteiger charge is -2.08. The van der Waals surface area contributed by atoms with Gasteiger partial charge in [0.2, 0.25) is 0 Å². The number of benzene rings is 1. The normalized spacial score (nSPS) is 10.7. The van der Waals surface area contributed by atoms with Crippen molar-refractivity contribution in [2.45, 2.75) is 51.9 Å². The van der Waals surface area contributed by atoms with Gasteiger partial charge in [-0.25, -0.2) is 0 Å². The van der Waals surface area contributed by atoms with Crippen LogP contribution in [-0.4, -0.2) is 4.57 Å². The van der Waals surface area contributed by atoms with Crippen LogP contribution in [0.1, 0.15) is 51.0 Å². The Hall–Kier alpha value is -1.76. The Morgan fingerprint density at radius 3 is 2.38 bits per heavy atom. The third-order valence-corrected chi connectivity index (χ3v) is 4.04. The highest BCUT2D eigenvalue weighted by Gasteiger charge is 2.09. The molecule has 0 aliphatic carbocycles. The zero-order chi connectivity index (χ0) is 14.9. The summed E-state index contributed by atoms with van der Waals surface area (Å²) in [5.74, 6) is 0. The van der Waals surface area contributed by atoms with Crippen LogP contribution in [-0.2, 0) is 6.42 Å². The predicted molar refractivity (Wildman–Crippen MR) is 93.3 cm³/mol. The minimum atomic E-state index is 1.16. The van der Waals surface area contributed by atoms with Gasteiger partial charge in [-0.1, -0.05) is 75.9 Å². The summed E-state index contributed by atoms with van der Waals surface area (Å²) in [6, 6.07) is 12.9. The molecule has 0 N–H and O–H groups in total. The molecule has 0 saturated carbocycles. The maximum absolute atomic E-state index is 3.92. The van der Waals surface area contributed by atoms with Crippen molar-refractivity contribution >= 4 is 6.20 Å². The van der Waals surface area contributed by atoms with E-state index in [9.17, 15) is 0 Å². The second kappa shape index (κ2) is 8.51. The van der Waals surface area contributed by atoms with Crippen molar-refractivity contribution in [1.29, 1.82) is 0 Å². The van der Waals surface area contributed by atoms with E-state index in [1.165, 1.54) is 55.3 Å². The van der Waals surface area contributed by atoms with Gasteiger partial charge in [0, 0.05) is 12.4 Å². The molecule has 0 radical (unpaired) electrons. The van der Waals surface area contributed by atoms with Crippen LogP contribution in [0.3, 0.4) is 0 Å². The van der Waals surface area contributed by atoms with E-state index in [0.717, 1.165) is 6.42 Å². The van der Waals surface area contributed by atoms with Crippen LogP contribution in [0.15, 0.2) is 49.2 Å². The van der Waals surface area contributed by atoms with Crippen LogP contribution in [0, 0.1) is 0 Å². The molecule has 0 amide bonds. The highest BCUT2D eigenvalue weighted by atomic mass is 14.9. The predicted octanol–water partition coefficient (Wildman–Crippen LogP) is 6.16. The molecule has 1 nitrogen and oxygen atoms in total. The molecule has 0 bridgehead atoms. The Morgan fingerprint density at radius 2 is 1.67 bits per heavy atom. The number of rotatable bonds is 9. The molecular weight excluding hydrogens is 254 g/mol. The Labute approximate surface area is 129 Å². The van der Waals surface area contributed by atoms with Crippen LogP contribution in [0.2, 0.25) is 0 Å². The van der Waals surface area contributed by atoms with Crippen LogP contribution in [0.25, 0.3) is 17.5 Å². The first kappa shape index (κ1) is 15.6. The molecule has 1 heteroatoms. The topological polar surface area (TPSA) is 4.93 Å². The SMILES string of the molecule is C=Cn1ccc(CCCCCCCC)c1-c1ccccc1. The molecule has 1 heterocycles. The molecule has 1 aromatic heterocycles. The second-order valence-corrected chi connectivity index (χ2v) is 5.66. The highest BCUT2D eigenvalue weighted by molar-refractivity contribution is 5.66. The lowest BCUT2D eigenvalue weighted by atomic mass is 10.0. The van der Waals surface area contributed by atoms with Gasteiger partial charge >= 0.3 is 0 Å². The molecule has 2 aromatic rings. The molecule has 0 saturated heterocycles. The number of aromatic nitrogens is 1. The molecule has 2 rings (SSSR count). The summed E-state index contributed by atoms with van der Waals surface area (Å²) in [4.78, 5) is 0. The fourth-order valence-electron chi connectivity index (χ4n) is 2.87. The van der Waals surface area contributed by atoms with E-state index in [1.54, 1.807) is 0 Å². The first-order valence-electron chi connectivity index (χ1n) is 8.24. The first-order chi connectivity index (χ1) is 10.4. The molecule has 1 aromatic carbocycles. The Bertz CT molecular complexity index is 536. The first-order valence-corrected chi connectivity index (χ1v) is 8.24. The van der Waals surface area contributed by atoms with Crippen molar-refractivity contribution in [3.05, 3.63) is 54.7 Å². The van der Waals surface area contributed by atoms with Crippen LogP contribution < -0.4 is 0 Å². The summed E-state index contributed by atoms with van der Waals surface area (Å²) < 4.78 is 2.14. The molecular formula is C20H27N. The van der Waals surface area contributed by atoms with E-state index >= 15 is 0 Å². The molecule has 0 atom stereocenters. The number of nitrogens with zero attached hydrogens (tertiary/aromatic N) is 1. The third kappa shape index (κ3) is 4.35. The quantitative estimate of drug-likeness (QED) is 0.485. The number of hydrogen-bond donors (Lipinski definition) is 0. The third-order valence-electron chi connectivity index (χ3n) is 4.04. The standard InChI is InChI=1S/C20H27N/c1-3-5-6-7-8-10-15-19-16-17-21(4-2)20(19)18-13-11-9-12-14-18/h4,9,11-14,16-17H,2-3,5-8,10,15H2,1H3. The van der Waals surface area contributed by atoms with Crippen LogP contribution in [0.5, 0.6) is 0 Å². The molecule has 21 heavy (non-hydrogen) atoms. The largest absolute Gasteiger partial charge is 0.324 e. The van der Waals surface area contributed by atoms with Crippen LogP contribution in [0.4, 0.5) is 0 Å². The average Bonchev–Trinajstić information content (AvgIpc) is 2.94. The summed E-state index contributed by atoms with van der Waals surface area (Å²) in [5, 5.41) is 0. The summed E-state index contributed by atoms with van der Waals surface area (Å²) in [7, 11) is 0. The van der Waals surface area contributed by atoms with Crippen LogP contribution >= 0.6 is 0 Å². The molecule has 112 valence electrons. The van der Waals surface area contributed by atoms with Gasteiger partial charge in [0.05, 0.1) is 5.69 Å². The van der Waals surface area contributed by atoms with E-state index < -0.39 is 0 Å². The van der Waals surface area contributed by atoms with Crippen molar-refractivity contribution in [1.82, 2.24) is 4.57 Å². The minimum absolute atomic E-state index is 1.16. The van der Waals surface area contributed by atoms with Gasteiger partial charge in [-0.05, 0) is 30.0 Å². The van der Waals surface area contributed by atoms with Crippen molar-refractivity contribution in [2.75, 3.05) is 0 Å². The summed E-state index contributed by atoms with van der Waals surface area (Å²) >= 11 is 0. The zero-order valence-electron chi connectivity index (χ0n) is 13.2. The molecule has 0 unspecified atom stereocenters. The molecule has 0 aliphatic heterocycles. The van der Waals surface area contributed by atoms with Gasteiger partial charge in [-0.2, -0.15) is 0 Å². The van der Waals surface area contributed by atoms with Crippen molar-refractivity contribution < 1.29 is 0 Å². The lowest BCUT2D eigenvalue weighted by molar-refractivity contribution is 0.608. The number of hydrogen-bond acceptors (Lipinski definition) is 0. The lowest BCUT2D eigenvalue weighted by Crippen LogP contribution is -1.93. The van der Waals surface area contributed by atoms with E-state index in [4.69, 9.17) is 0 Å². The van der Waals surface area contributed by atoms with E-state index in [1.807, 2.05) is 6.20 Å². The fourth-order valence-corrected chi connectivity index (χ4v) is 2.87. The number of unbranched alkanes of at least 4 members (excludes halogenated alkanes) is 5. The zero-order valence-corrected chi connectivity index (χ0v) is 13.2. The van der Waals surface area contributed by atoms with Gasteiger partial charge in [0.25, 0.3) is 0 Å². The summed E-state index contributed by atoms with van der Waals surface area (Å²) in [6.07, 6.45) is 13.3. The summed E-state index contributed by atoms with van der Waals surface area (Å²) in [6.45, 7) is 6.19. The highest BCUT2D eigenvalue weighted by Crippen LogP contribution is 2.26. The molecule has 0 aliphatic rings. The second-order valence-electron chi connectivity index (χ2n) is 5.66. The maximum atomic E-state index is 3.92. The Morgan fingerprint density at radius 1 is 0.952 bits per heavy atom. The van der Waals surface area contributed by atoms with Crippen molar-refractivity contribution in [3.63, 3.8) is 0 Å². The monoisotopic (exact) mass is 281 g/mol. The van der Waals surface area contributed by atoms with Gasteiger partial charge in [0.1, 0.15) is 0 Å². The smallest absolute Gasteiger partial charge is 0.0553 e. The molecule has 0 fully saturated rings. The maximum Gasteiger partial charge on any atom is 0.0553 e.